The Balaban J connectivity index is 2.49. The van der Waals surface area contributed by atoms with Gasteiger partial charge in [-0.3, -0.25) is 0 Å². The van der Waals surface area contributed by atoms with Crippen molar-refractivity contribution in [3.8, 4) is 16.9 Å². The fraction of sp³-hybridized carbons (Fsp3) is 0.154. The molecule has 0 aliphatic heterocycles. The lowest BCUT2D eigenvalue weighted by Crippen LogP contribution is -1.88. The van der Waals surface area contributed by atoms with Gasteiger partial charge in [0.1, 0.15) is 5.75 Å². The minimum atomic E-state index is 0.890. The van der Waals surface area contributed by atoms with Gasteiger partial charge in [-0.25, -0.2) is 4.98 Å². The number of ether oxygens (including phenoxy) is 1. The van der Waals surface area contributed by atoms with E-state index in [9.17, 15) is 0 Å². The Kier molecular flexibility index (Phi) is 3.47. The maximum atomic E-state index is 5.35. The molecule has 0 radical (unpaired) electrons. The first kappa shape index (κ1) is 11.0. The number of thioether (sulfide) groups is 1. The maximum Gasteiger partial charge on any atom is 0.126 e. The minimum absolute atomic E-state index is 0.890. The van der Waals surface area contributed by atoms with Crippen molar-refractivity contribution in [3.63, 3.8) is 0 Å². The molecule has 0 saturated carbocycles. The fourth-order valence-electron chi connectivity index (χ4n) is 1.57. The van der Waals surface area contributed by atoms with Crippen LogP contribution in [0.25, 0.3) is 11.1 Å². The zero-order valence-electron chi connectivity index (χ0n) is 9.31. The number of rotatable bonds is 3. The molecule has 1 aromatic heterocycles. The van der Waals surface area contributed by atoms with Gasteiger partial charge in [0.2, 0.25) is 0 Å². The molecule has 1 heterocycles. The average Bonchev–Trinajstić information content (AvgIpc) is 2.38. The molecule has 0 aliphatic carbocycles. The Morgan fingerprint density at radius 2 is 2.00 bits per heavy atom. The Hall–Kier alpha value is -1.48. The summed E-state index contributed by atoms with van der Waals surface area (Å²) in [5, 5.41) is 1.02. The lowest BCUT2D eigenvalue weighted by molar-refractivity contribution is 0.416. The molecule has 16 heavy (non-hydrogen) atoms. The Labute approximate surface area is 99.7 Å². The third-order valence-electron chi connectivity index (χ3n) is 2.36. The van der Waals surface area contributed by atoms with Crippen molar-refractivity contribution < 1.29 is 4.74 Å². The van der Waals surface area contributed by atoms with Crippen LogP contribution in [0.5, 0.6) is 5.75 Å². The van der Waals surface area contributed by atoms with E-state index in [1.54, 1.807) is 18.9 Å². The summed E-state index contributed by atoms with van der Waals surface area (Å²) in [6.45, 7) is 0. The number of benzene rings is 1. The zero-order valence-corrected chi connectivity index (χ0v) is 10.1. The van der Waals surface area contributed by atoms with E-state index in [1.165, 1.54) is 0 Å². The van der Waals surface area contributed by atoms with E-state index in [0.29, 0.717) is 0 Å². The summed E-state index contributed by atoms with van der Waals surface area (Å²) in [5.41, 5.74) is 2.24. The van der Waals surface area contributed by atoms with Crippen molar-refractivity contribution in [2.45, 2.75) is 5.03 Å². The van der Waals surface area contributed by atoms with E-state index < -0.39 is 0 Å². The third-order valence-corrected chi connectivity index (χ3v) is 3.00. The third kappa shape index (κ3) is 2.19. The molecule has 3 heteroatoms. The summed E-state index contributed by atoms with van der Waals surface area (Å²) in [6, 6.07) is 12.1. The van der Waals surface area contributed by atoms with Gasteiger partial charge in [0.05, 0.1) is 12.1 Å². The highest BCUT2D eigenvalue weighted by Gasteiger charge is 2.05. The molecular weight excluding hydrogens is 218 g/mol. The van der Waals surface area contributed by atoms with Crippen LogP contribution in [-0.2, 0) is 0 Å². The first-order valence-electron chi connectivity index (χ1n) is 4.98. The second kappa shape index (κ2) is 5.03. The molecule has 82 valence electrons. The summed E-state index contributed by atoms with van der Waals surface area (Å²) in [6.07, 6.45) is 3.85. The summed E-state index contributed by atoms with van der Waals surface area (Å²) < 4.78 is 5.35. The van der Waals surface area contributed by atoms with Gasteiger partial charge in [0, 0.05) is 11.8 Å². The second-order valence-corrected chi connectivity index (χ2v) is 4.11. The van der Waals surface area contributed by atoms with Crippen LogP contribution in [0, 0.1) is 0 Å². The van der Waals surface area contributed by atoms with Crippen LogP contribution >= 0.6 is 11.8 Å². The molecule has 0 bridgehead atoms. The molecule has 0 N–H and O–H groups in total. The summed E-state index contributed by atoms with van der Waals surface area (Å²) in [7, 11) is 1.69. The van der Waals surface area contributed by atoms with E-state index >= 15 is 0 Å². The standard InChI is InChI=1S/C13H13NOS/c1-15-12-6-4-3-5-11(12)10-7-8-14-13(9-10)16-2/h3-9H,1-2H3. The molecule has 0 amide bonds. The summed E-state index contributed by atoms with van der Waals surface area (Å²) in [5.74, 6) is 0.890. The minimum Gasteiger partial charge on any atom is -0.496 e. The molecule has 0 unspecified atom stereocenters. The van der Waals surface area contributed by atoms with Crippen LogP contribution < -0.4 is 4.74 Å². The van der Waals surface area contributed by atoms with Gasteiger partial charge < -0.3 is 4.74 Å². The Morgan fingerprint density at radius 3 is 2.75 bits per heavy atom. The largest absolute Gasteiger partial charge is 0.496 e. The van der Waals surface area contributed by atoms with Crippen LogP contribution in [0.1, 0.15) is 0 Å². The van der Waals surface area contributed by atoms with Crippen molar-refractivity contribution in [1.29, 1.82) is 0 Å². The van der Waals surface area contributed by atoms with E-state index in [-0.39, 0.29) is 0 Å². The Bertz CT molecular complexity index is 485. The second-order valence-electron chi connectivity index (χ2n) is 3.29. The summed E-state index contributed by atoms with van der Waals surface area (Å²) >= 11 is 1.64. The fourth-order valence-corrected chi connectivity index (χ4v) is 1.98. The van der Waals surface area contributed by atoms with Crippen LogP contribution in [0.15, 0.2) is 47.6 Å². The molecule has 0 spiro atoms. The molecule has 0 aliphatic rings. The van der Waals surface area contributed by atoms with E-state index in [2.05, 4.69) is 17.1 Å². The van der Waals surface area contributed by atoms with Gasteiger partial charge >= 0.3 is 0 Å². The van der Waals surface area contributed by atoms with Gasteiger partial charge in [-0.15, -0.1) is 11.8 Å². The number of nitrogens with zero attached hydrogens (tertiary/aromatic N) is 1. The monoisotopic (exact) mass is 231 g/mol. The molecular formula is C13H13NOS. The number of methoxy groups -OCH3 is 1. The first-order valence-corrected chi connectivity index (χ1v) is 6.21. The smallest absolute Gasteiger partial charge is 0.126 e. The quantitative estimate of drug-likeness (QED) is 0.755. The molecule has 2 aromatic rings. The molecule has 0 atom stereocenters. The average molecular weight is 231 g/mol. The van der Waals surface area contributed by atoms with Crippen molar-refractivity contribution in [3.05, 3.63) is 42.6 Å². The normalized spacial score (nSPS) is 10.1. The molecule has 2 nitrogen and oxygen atoms in total. The topological polar surface area (TPSA) is 22.1 Å². The van der Waals surface area contributed by atoms with Crippen LogP contribution in [0.4, 0.5) is 0 Å². The van der Waals surface area contributed by atoms with Crippen molar-refractivity contribution >= 4 is 11.8 Å². The van der Waals surface area contributed by atoms with Crippen LogP contribution in [0.3, 0.4) is 0 Å². The molecule has 2 rings (SSSR count). The van der Waals surface area contributed by atoms with Crippen LogP contribution in [0.2, 0.25) is 0 Å². The zero-order chi connectivity index (χ0) is 11.4. The number of aromatic nitrogens is 1. The van der Waals surface area contributed by atoms with E-state index in [0.717, 1.165) is 21.9 Å². The van der Waals surface area contributed by atoms with Crippen molar-refractivity contribution in [2.75, 3.05) is 13.4 Å². The lowest BCUT2D eigenvalue weighted by Gasteiger charge is -2.08. The lowest BCUT2D eigenvalue weighted by atomic mass is 10.1. The van der Waals surface area contributed by atoms with Gasteiger partial charge in [-0.2, -0.15) is 0 Å². The maximum absolute atomic E-state index is 5.35. The SMILES string of the molecule is COc1ccccc1-c1ccnc(SC)c1. The predicted molar refractivity (Wildman–Crippen MR) is 68.0 cm³/mol. The molecule has 0 fully saturated rings. The number of hydrogen-bond donors (Lipinski definition) is 0. The highest BCUT2D eigenvalue weighted by molar-refractivity contribution is 7.98. The van der Waals surface area contributed by atoms with Gasteiger partial charge in [0.25, 0.3) is 0 Å². The van der Waals surface area contributed by atoms with Crippen molar-refractivity contribution in [1.82, 2.24) is 4.98 Å². The summed E-state index contributed by atoms with van der Waals surface area (Å²) in [4.78, 5) is 4.26. The molecule has 0 saturated heterocycles. The van der Waals surface area contributed by atoms with Gasteiger partial charge in [-0.05, 0) is 30.0 Å². The van der Waals surface area contributed by atoms with Crippen LogP contribution in [-0.4, -0.2) is 18.3 Å². The highest BCUT2D eigenvalue weighted by Crippen LogP contribution is 2.30. The number of para-hydroxylation sites is 1. The van der Waals surface area contributed by atoms with Crippen molar-refractivity contribution in [2.24, 2.45) is 0 Å². The van der Waals surface area contributed by atoms with Gasteiger partial charge in [0.15, 0.2) is 0 Å². The predicted octanol–water partition coefficient (Wildman–Crippen LogP) is 3.48. The highest BCUT2D eigenvalue weighted by atomic mass is 32.2. The van der Waals surface area contributed by atoms with E-state index in [1.807, 2.05) is 36.7 Å². The Morgan fingerprint density at radius 1 is 1.19 bits per heavy atom. The number of pyridine rings is 1. The first-order chi connectivity index (χ1) is 7.85. The van der Waals surface area contributed by atoms with E-state index in [4.69, 9.17) is 4.74 Å². The molecule has 1 aromatic carbocycles. The van der Waals surface area contributed by atoms with Gasteiger partial charge in [-0.1, -0.05) is 18.2 Å². The number of hydrogen-bond acceptors (Lipinski definition) is 3.